The van der Waals surface area contributed by atoms with Gasteiger partial charge in [0.1, 0.15) is 5.76 Å². The lowest BCUT2D eigenvalue weighted by Gasteiger charge is -2.07. The average molecular weight is 284 g/mol. The third-order valence-corrected chi connectivity index (χ3v) is 2.83. The van der Waals surface area contributed by atoms with Crippen LogP contribution in [-0.2, 0) is 11.2 Å². The fourth-order valence-electron chi connectivity index (χ4n) is 1.73. The van der Waals surface area contributed by atoms with Crippen molar-refractivity contribution in [1.29, 1.82) is 0 Å². The minimum atomic E-state index is -1.62. The molecule has 1 aromatic heterocycles. The van der Waals surface area contributed by atoms with Crippen molar-refractivity contribution in [3.8, 4) is 0 Å². The van der Waals surface area contributed by atoms with Gasteiger partial charge in [-0.3, -0.25) is 4.79 Å². The first-order valence-corrected chi connectivity index (χ1v) is 5.75. The zero-order valence-electron chi connectivity index (χ0n) is 10.8. The summed E-state index contributed by atoms with van der Waals surface area (Å²) in [5.74, 6) is -4.48. The second-order valence-electron chi connectivity index (χ2n) is 4.25. The van der Waals surface area contributed by atoms with Crippen LogP contribution in [0.3, 0.4) is 0 Å². The Morgan fingerprint density at radius 2 is 1.95 bits per heavy atom. The third-order valence-electron chi connectivity index (χ3n) is 2.83. The minimum Gasteiger partial charge on any atom is -0.361 e. The zero-order valence-corrected chi connectivity index (χ0v) is 10.8. The first-order chi connectivity index (χ1) is 9.40. The van der Waals surface area contributed by atoms with Crippen molar-refractivity contribution in [2.75, 3.05) is 5.32 Å². The molecule has 2 rings (SSSR count). The highest BCUT2D eigenvalue weighted by Gasteiger charge is 2.17. The van der Waals surface area contributed by atoms with Crippen LogP contribution in [0.15, 0.2) is 16.7 Å². The molecular weight excluding hydrogens is 273 g/mol. The van der Waals surface area contributed by atoms with Gasteiger partial charge in [-0.2, -0.15) is 0 Å². The number of hydrogen-bond acceptors (Lipinski definition) is 3. The molecule has 0 unspecified atom stereocenters. The van der Waals surface area contributed by atoms with E-state index in [0.717, 1.165) is 12.1 Å². The molecular formula is C13H11F3N2O2. The van der Waals surface area contributed by atoms with Gasteiger partial charge in [0.25, 0.3) is 0 Å². The molecule has 0 spiro atoms. The van der Waals surface area contributed by atoms with Gasteiger partial charge in [0.05, 0.1) is 17.8 Å². The minimum absolute atomic E-state index is 0.0976. The molecule has 0 fully saturated rings. The number of hydrogen-bond donors (Lipinski definition) is 1. The van der Waals surface area contributed by atoms with Crippen LogP contribution in [0, 0.1) is 31.3 Å². The molecule has 0 aliphatic heterocycles. The topological polar surface area (TPSA) is 55.1 Å². The summed E-state index contributed by atoms with van der Waals surface area (Å²) in [6.45, 7) is 3.30. The first kappa shape index (κ1) is 14.1. The fourth-order valence-corrected chi connectivity index (χ4v) is 1.73. The number of nitrogens with zero attached hydrogens (tertiary/aromatic N) is 1. The van der Waals surface area contributed by atoms with Crippen molar-refractivity contribution in [1.82, 2.24) is 5.16 Å². The van der Waals surface area contributed by atoms with Gasteiger partial charge in [-0.15, -0.1) is 0 Å². The van der Waals surface area contributed by atoms with E-state index in [0.29, 0.717) is 17.0 Å². The lowest BCUT2D eigenvalue weighted by molar-refractivity contribution is -0.115. The monoisotopic (exact) mass is 284 g/mol. The van der Waals surface area contributed by atoms with Crippen molar-refractivity contribution >= 4 is 11.6 Å². The Hall–Kier alpha value is -2.31. The number of amides is 1. The molecule has 0 aliphatic rings. The van der Waals surface area contributed by atoms with Gasteiger partial charge in [-0.05, 0) is 26.0 Å². The number of anilines is 1. The summed E-state index contributed by atoms with van der Waals surface area (Å²) in [5, 5.41) is 5.86. The maximum Gasteiger partial charge on any atom is 0.229 e. The molecule has 0 radical (unpaired) electrons. The van der Waals surface area contributed by atoms with Crippen LogP contribution in [0.5, 0.6) is 0 Å². The van der Waals surface area contributed by atoms with Gasteiger partial charge < -0.3 is 9.84 Å². The summed E-state index contributed by atoms with van der Waals surface area (Å²) >= 11 is 0. The maximum absolute atomic E-state index is 13.4. The molecule has 0 saturated carbocycles. The van der Waals surface area contributed by atoms with Crippen molar-refractivity contribution in [3.05, 3.63) is 46.6 Å². The van der Waals surface area contributed by atoms with Crippen molar-refractivity contribution in [2.45, 2.75) is 20.3 Å². The Morgan fingerprint density at radius 1 is 1.25 bits per heavy atom. The number of carbonyl (C=O) groups excluding carboxylic acids is 1. The van der Waals surface area contributed by atoms with Crippen LogP contribution in [0.4, 0.5) is 18.9 Å². The van der Waals surface area contributed by atoms with Crippen molar-refractivity contribution < 1.29 is 22.5 Å². The molecule has 2 aromatic rings. The van der Waals surface area contributed by atoms with Crippen LogP contribution in [0.2, 0.25) is 0 Å². The first-order valence-electron chi connectivity index (χ1n) is 5.75. The normalized spacial score (nSPS) is 10.7. The van der Waals surface area contributed by atoms with Gasteiger partial charge in [-0.25, -0.2) is 13.2 Å². The van der Waals surface area contributed by atoms with Crippen LogP contribution in [-0.4, -0.2) is 11.1 Å². The molecule has 1 aromatic carbocycles. The molecule has 0 saturated heterocycles. The smallest absolute Gasteiger partial charge is 0.229 e. The van der Waals surface area contributed by atoms with E-state index in [1.165, 1.54) is 0 Å². The highest BCUT2D eigenvalue weighted by atomic mass is 19.2. The molecule has 4 nitrogen and oxygen atoms in total. The number of benzene rings is 1. The molecule has 1 N–H and O–H groups in total. The van der Waals surface area contributed by atoms with Crippen LogP contribution in [0.1, 0.15) is 17.0 Å². The Balaban J connectivity index is 2.15. The fraction of sp³-hybridized carbons (Fsp3) is 0.231. The van der Waals surface area contributed by atoms with Crippen LogP contribution >= 0.6 is 0 Å². The number of halogens is 3. The summed E-state index contributed by atoms with van der Waals surface area (Å²) in [5.41, 5.74) is 0.703. The van der Waals surface area contributed by atoms with Gasteiger partial charge in [0.15, 0.2) is 17.5 Å². The summed E-state index contributed by atoms with van der Waals surface area (Å²) in [6, 6.07) is 1.70. The standard InChI is InChI=1S/C13H11F3N2O2/c1-6-8(7(2)20-18-6)5-11(19)17-10-4-3-9(14)12(15)13(10)16/h3-4H,5H2,1-2H3,(H,17,19). The van der Waals surface area contributed by atoms with E-state index >= 15 is 0 Å². The van der Waals surface area contributed by atoms with Crippen molar-refractivity contribution in [2.24, 2.45) is 0 Å². The number of carbonyl (C=O) groups is 1. The maximum atomic E-state index is 13.4. The molecule has 106 valence electrons. The lowest BCUT2D eigenvalue weighted by atomic mass is 10.1. The Labute approximate surface area is 112 Å². The van der Waals surface area contributed by atoms with Gasteiger partial charge in [-0.1, -0.05) is 5.16 Å². The number of aromatic nitrogens is 1. The largest absolute Gasteiger partial charge is 0.361 e. The van der Waals surface area contributed by atoms with E-state index in [1.807, 2.05) is 0 Å². The summed E-state index contributed by atoms with van der Waals surface area (Å²) in [4.78, 5) is 11.8. The Morgan fingerprint density at radius 3 is 2.55 bits per heavy atom. The molecule has 0 bridgehead atoms. The second kappa shape index (κ2) is 5.36. The molecule has 1 amide bonds. The van der Waals surface area contributed by atoms with E-state index in [4.69, 9.17) is 4.52 Å². The number of rotatable bonds is 3. The molecule has 20 heavy (non-hydrogen) atoms. The number of nitrogens with one attached hydrogen (secondary N) is 1. The van der Waals surface area contributed by atoms with E-state index in [2.05, 4.69) is 10.5 Å². The molecule has 0 aliphatic carbocycles. The summed E-state index contributed by atoms with van der Waals surface area (Å²) in [6.07, 6.45) is -0.0976. The van der Waals surface area contributed by atoms with Crippen molar-refractivity contribution in [3.63, 3.8) is 0 Å². The highest BCUT2D eigenvalue weighted by molar-refractivity contribution is 5.92. The molecule has 0 atom stereocenters. The van der Waals surface area contributed by atoms with E-state index in [-0.39, 0.29) is 6.42 Å². The summed E-state index contributed by atoms with van der Waals surface area (Å²) in [7, 11) is 0. The SMILES string of the molecule is Cc1noc(C)c1CC(=O)Nc1ccc(F)c(F)c1F. The van der Waals surface area contributed by atoms with Gasteiger partial charge in [0, 0.05) is 5.56 Å². The number of aryl methyl sites for hydroxylation is 2. The molecule has 7 heteroatoms. The zero-order chi connectivity index (χ0) is 14.9. The highest BCUT2D eigenvalue weighted by Crippen LogP contribution is 2.20. The predicted molar refractivity (Wildman–Crippen MR) is 64.6 cm³/mol. The summed E-state index contributed by atoms with van der Waals surface area (Å²) < 4.78 is 44.1. The quantitative estimate of drug-likeness (QED) is 0.882. The van der Waals surface area contributed by atoms with E-state index in [9.17, 15) is 18.0 Å². The van der Waals surface area contributed by atoms with Gasteiger partial charge in [0.2, 0.25) is 5.91 Å². The second-order valence-corrected chi connectivity index (χ2v) is 4.25. The van der Waals surface area contributed by atoms with Crippen LogP contribution in [0.25, 0.3) is 0 Å². The Bertz CT molecular complexity index is 648. The lowest BCUT2D eigenvalue weighted by Crippen LogP contribution is -2.16. The van der Waals surface area contributed by atoms with E-state index < -0.39 is 29.0 Å². The Kier molecular flexibility index (Phi) is 3.78. The molecule has 1 heterocycles. The average Bonchev–Trinajstić information content (AvgIpc) is 2.71. The van der Waals surface area contributed by atoms with Crippen LogP contribution < -0.4 is 5.32 Å². The predicted octanol–water partition coefficient (Wildman–Crippen LogP) is 2.89. The third kappa shape index (κ3) is 2.66. The van der Waals surface area contributed by atoms with E-state index in [1.54, 1.807) is 13.8 Å². The van der Waals surface area contributed by atoms with Gasteiger partial charge >= 0.3 is 0 Å².